The van der Waals surface area contributed by atoms with Crippen molar-refractivity contribution in [2.45, 2.75) is 32.9 Å². The summed E-state index contributed by atoms with van der Waals surface area (Å²) < 4.78 is 10.2. The normalized spacial score (nSPS) is 12.4. The van der Waals surface area contributed by atoms with Gasteiger partial charge in [0.2, 0.25) is 0 Å². The lowest BCUT2D eigenvalue weighted by Crippen LogP contribution is -2.42. The quantitative estimate of drug-likeness (QED) is 0.716. The van der Waals surface area contributed by atoms with E-state index in [0.717, 1.165) is 5.56 Å². The Labute approximate surface area is 164 Å². The van der Waals surface area contributed by atoms with Crippen LogP contribution in [0.25, 0.3) is 0 Å². The first-order valence-electron chi connectivity index (χ1n) is 8.83. The van der Waals surface area contributed by atoms with Gasteiger partial charge in [0.1, 0.15) is 11.8 Å². The number of amides is 2. The summed E-state index contributed by atoms with van der Waals surface area (Å²) in [6, 6.07) is 12.9. The number of carbonyl (C=O) groups excluding carboxylic acids is 3. The summed E-state index contributed by atoms with van der Waals surface area (Å²) in [5.41, 5.74) is 1.94. The van der Waals surface area contributed by atoms with Crippen molar-refractivity contribution in [3.05, 3.63) is 59.7 Å². The molecule has 0 aliphatic carbocycles. The van der Waals surface area contributed by atoms with E-state index in [-0.39, 0.29) is 5.91 Å². The highest BCUT2D eigenvalue weighted by molar-refractivity contribution is 5.98. The minimum atomic E-state index is -1.02. The minimum absolute atomic E-state index is 0.386. The average molecular weight is 384 g/mol. The molecule has 148 valence electrons. The highest BCUT2D eigenvalue weighted by Crippen LogP contribution is 2.15. The molecule has 0 aromatic heterocycles. The maximum atomic E-state index is 12.2. The third-order valence-electron chi connectivity index (χ3n) is 4.00. The molecule has 2 N–H and O–H groups in total. The number of hydrogen-bond acceptors (Lipinski definition) is 5. The second-order valence-corrected chi connectivity index (χ2v) is 6.36. The van der Waals surface area contributed by atoms with Crippen molar-refractivity contribution in [1.29, 1.82) is 0 Å². The molecule has 0 aliphatic heterocycles. The van der Waals surface area contributed by atoms with E-state index in [9.17, 15) is 14.4 Å². The molecule has 0 saturated carbocycles. The monoisotopic (exact) mass is 384 g/mol. The van der Waals surface area contributed by atoms with Gasteiger partial charge in [-0.15, -0.1) is 0 Å². The Hall–Kier alpha value is -3.35. The first-order valence-corrected chi connectivity index (χ1v) is 8.83. The first kappa shape index (κ1) is 21.0. The van der Waals surface area contributed by atoms with Crippen LogP contribution in [0.3, 0.4) is 0 Å². The fraction of sp³-hybridized carbons (Fsp3) is 0.286. The molecule has 2 aromatic rings. The van der Waals surface area contributed by atoms with E-state index in [2.05, 4.69) is 10.6 Å². The van der Waals surface area contributed by atoms with Crippen molar-refractivity contribution >= 4 is 23.5 Å². The van der Waals surface area contributed by atoms with Gasteiger partial charge < -0.3 is 20.1 Å². The fourth-order valence-corrected chi connectivity index (χ4v) is 2.37. The van der Waals surface area contributed by atoms with Crippen molar-refractivity contribution in [3.63, 3.8) is 0 Å². The molecule has 0 radical (unpaired) electrons. The van der Waals surface area contributed by atoms with Crippen molar-refractivity contribution < 1.29 is 23.9 Å². The van der Waals surface area contributed by atoms with E-state index in [0.29, 0.717) is 17.0 Å². The minimum Gasteiger partial charge on any atom is -0.497 e. The van der Waals surface area contributed by atoms with Crippen LogP contribution in [-0.2, 0) is 14.3 Å². The predicted octanol–water partition coefficient (Wildman–Crippen LogP) is 2.69. The Kier molecular flexibility index (Phi) is 7.14. The van der Waals surface area contributed by atoms with Gasteiger partial charge in [-0.3, -0.25) is 9.59 Å². The maximum Gasteiger partial charge on any atom is 0.329 e. The summed E-state index contributed by atoms with van der Waals surface area (Å²) in [4.78, 5) is 36.6. The summed E-state index contributed by atoms with van der Waals surface area (Å²) >= 11 is 0. The summed E-state index contributed by atoms with van der Waals surface area (Å²) in [5.74, 6) is -0.895. The molecule has 2 atom stereocenters. The molecule has 2 amide bonds. The summed E-state index contributed by atoms with van der Waals surface area (Å²) in [5, 5.41) is 5.22. The number of nitrogens with one attached hydrogen (secondary N) is 2. The van der Waals surface area contributed by atoms with Gasteiger partial charge in [-0.2, -0.15) is 0 Å². The lowest BCUT2D eigenvalue weighted by Gasteiger charge is -2.18. The van der Waals surface area contributed by atoms with Crippen LogP contribution >= 0.6 is 0 Å². The molecule has 2 rings (SSSR count). The molecule has 0 unspecified atom stereocenters. The summed E-state index contributed by atoms with van der Waals surface area (Å²) in [7, 11) is 1.55. The maximum absolute atomic E-state index is 12.2. The second-order valence-electron chi connectivity index (χ2n) is 6.36. The highest BCUT2D eigenvalue weighted by atomic mass is 16.5. The number of rotatable bonds is 7. The Bertz CT molecular complexity index is 848. The Morgan fingerprint density at radius 2 is 1.68 bits per heavy atom. The second kappa shape index (κ2) is 9.55. The van der Waals surface area contributed by atoms with Gasteiger partial charge in [-0.1, -0.05) is 17.7 Å². The van der Waals surface area contributed by atoms with Crippen molar-refractivity contribution in [1.82, 2.24) is 5.32 Å². The summed E-state index contributed by atoms with van der Waals surface area (Å²) in [6.45, 7) is 4.84. The lowest BCUT2D eigenvalue weighted by atomic mass is 10.1. The van der Waals surface area contributed by atoms with Crippen molar-refractivity contribution in [2.24, 2.45) is 0 Å². The molecular formula is C21H24N2O5. The molecule has 0 fully saturated rings. The van der Waals surface area contributed by atoms with Crippen molar-refractivity contribution in [3.8, 4) is 5.75 Å². The molecule has 0 spiro atoms. The standard InChI is InChI=1S/C21H24N2O5/c1-13-6-5-7-16(12-13)20(25)22-14(2)21(26)28-15(3)19(24)23-17-8-10-18(27-4)11-9-17/h5-12,14-15H,1-4H3,(H,22,25)(H,23,24)/t14-,15-/m0/s1. The molecule has 2 aromatic carbocycles. The van der Waals surface area contributed by atoms with Gasteiger partial charge in [-0.25, -0.2) is 4.79 Å². The topological polar surface area (TPSA) is 93.7 Å². The number of aryl methyl sites for hydroxylation is 1. The Morgan fingerprint density at radius 1 is 1.00 bits per heavy atom. The molecule has 0 saturated heterocycles. The number of carbonyl (C=O) groups is 3. The molecule has 28 heavy (non-hydrogen) atoms. The first-order chi connectivity index (χ1) is 13.3. The number of methoxy groups -OCH3 is 1. The number of ether oxygens (including phenoxy) is 2. The molecule has 0 heterocycles. The molecule has 0 bridgehead atoms. The van der Waals surface area contributed by atoms with Crippen LogP contribution in [0.2, 0.25) is 0 Å². The van der Waals surface area contributed by atoms with Gasteiger partial charge in [0, 0.05) is 11.3 Å². The van der Waals surface area contributed by atoms with Gasteiger partial charge in [-0.05, 0) is 57.2 Å². The van der Waals surface area contributed by atoms with E-state index < -0.39 is 24.0 Å². The van der Waals surface area contributed by atoms with Gasteiger partial charge in [0.05, 0.1) is 7.11 Å². The zero-order chi connectivity index (χ0) is 20.7. The molecule has 0 aliphatic rings. The summed E-state index contributed by atoms with van der Waals surface area (Å²) in [6.07, 6.45) is -1.02. The average Bonchev–Trinajstić information content (AvgIpc) is 2.68. The number of esters is 1. The molecule has 7 heteroatoms. The van der Waals surface area contributed by atoms with Crippen LogP contribution in [0.15, 0.2) is 48.5 Å². The fourth-order valence-electron chi connectivity index (χ4n) is 2.37. The molecule has 7 nitrogen and oxygen atoms in total. The third kappa shape index (κ3) is 5.84. The number of hydrogen-bond donors (Lipinski definition) is 2. The zero-order valence-electron chi connectivity index (χ0n) is 16.3. The van der Waals surface area contributed by atoms with Gasteiger partial charge in [0.25, 0.3) is 11.8 Å². The van der Waals surface area contributed by atoms with E-state index >= 15 is 0 Å². The zero-order valence-corrected chi connectivity index (χ0v) is 16.3. The number of anilines is 1. The largest absolute Gasteiger partial charge is 0.497 e. The van der Waals surface area contributed by atoms with E-state index in [4.69, 9.17) is 9.47 Å². The lowest BCUT2D eigenvalue weighted by molar-refractivity contribution is -0.154. The number of benzene rings is 2. The van der Waals surface area contributed by atoms with Crippen LogP contribution in [0.5, 0.6) is 5.75 Å². The van der Waals surface area contributed by atoms with Crippen LogP contribution in [0.4, 0.5) is 5.69 Å². The highest BCUT2D eigenvalue weighted by Gasteiger charge is 2.23. The molecular weight excluding hydrogens is 360 g/mol. The van der Waals surface area contributed by atoms with E-state index in [1.165, 1.54) is 13.8 Å². The Morgan fingerprint density at radius 3 is 2.29 bits per heavy atom. The SMILES string of the molecule is COc1ccc(NC(=O)[C@H](C)OC(=O)[C@H](C)NC(=O)c2cccc(C)c2)cc1. The third-order valence-corrected chi connectivity index (χ3v) is 4.00. The van der Waals surface area contributed by atoms with Crippen LogP contribution < -0.4 is 15.4 Å². The van der Waals surface area contributed by atoms with Crippen LogP contribution in [0, 0.1) is 6.92 Å². The van der Waals surface area contributed by atoms with Gasteiger partial charge in [0.15, 0.2) is 6.10 Å². The van der Waals surface area contributed by atoms with Gasteiger partial charge >= 0.3 is 5.97 Å². The smallest absolute Gasteiger partial charge is 0.329 e. The van der Waals surface area contributed by atoms with Crippen LogP contribution in [-0.4, -0.2) is 37.0 Å². The van der Waals surface area contributed by atoms with Crippen molar-refractivity contribution in [2.75, 3.05) is 12.4 Å². The van der Waals surface area contributed by atoms with Crippen LogP contribution in [0.1, 0.15) is 29.8 Å². The predicted molar refractivity (Wildman–Crippen MR) is 105 cm³/mol. The van der Waals surface area contributed by atoms with E-state index in [1.54, 1.807) is 49.6 Å². The van der Waals surface area contributed by atoms with E-state index in [1.807, 2.05) is 13.0 Å². The Balaban J connectivity index is 1.87.